The van der Waals surface area contributed by atoms with Gasteiger partial charge < -0.3 is 10.4 Å². The van der Waals surface area contributed by atoms with E-state index in [1.165, 1.54) is 0 Å². The summed E-state index contributed by atoms with van der Waals surface area (Å²) in [6, 6.07) is 1.45. The van der Waals surface area contributed by atoms with E-state index in [0.717, 1.165) is 12.5 Å². The second-order valence-corrected chi connectivity index (χ2v) is 5.75. The first kappa shape index (κ1) is 17.5. The van der Waals surface area contributed by atoms with Gasteiger partial charge in [-0.1, -0.05) is 13.8 Å². The molecule has 0 aliphatic rings. The molecule has 0 unspecified atom stereocenters. The lowest BCUT2D eigenvalue weighted by atomic mass is 9.88. The Labute approximate surface area is 122 Å². The van der Waals surface area contributed by atoms with E-state index in [1.54, 1.807) is 0 Å². The van der Waals surface area contributed by atoms with Gasteiger partial charge in [0.25, 0.3) is 0 Å². The third-order valence-electron chi connectivity index (χ3n) is 3.24. The number of hydrogen-bond donors (Lipinski definition) is 2. The highest BCUT2D eigenvalue weighted by molar-refractivity contribution is 5.37. The number of aliphatic hydroxyl groups excluding tert-OH is 1. The third-order valence-corrected chi connectivity index (χ3v) is 3.24. The minimum atomic E-state index is -1.18. The summed E-state index contributed by atoms with van der Waals surface area (Å²) in [6.07, 6.45) is 1.47. The van der Waals surface area contributed by atoms with Crippen LogP contribution >= 0.6 is 0 Å². The number of halogens is 2. The molecule has 2 N–H and O–H groups in total. The van der Waals surface area contributed by atoms with E-state index in [0.29, 0.717) is 19.0 Å². The molecule has 1 aromatic rings. The highest BCUT2D eigenvalue weighted by Gasteiger charge is 2.20. The third kappa shape index (κ3) is 5.35. The normalized spacial score (nSPS) is 11.7. The molecule has 118 valence electrons. The van der Waals surface area contributed by atoms with Crippen molar-refractivity contribution in [1.82, 2.24) is 5.32 Å². The fourth-order valence-corrected chi connectivity index (χ4v) is 2.04. The zero-order valence-corrected chi connectivity index (χ0v) is 12.2. The minimum Gasteiger partial charge on any atom is -0.396 e. The van der Waals surface area contributed by atoms with Crippen LogP contribution in [0, 0.1) is 27.2 Å². The number of rotatable bonds is 8. The summed E-state index contributed by atoms with van der Waals surface area (Å²) >= 11 is 0. The summed E-state index contributed by atoms with van der Waals surface area (Å²) < 4.78 is 26.8. The van der Waals surface area contributed by atoms with E-state index >= 15 is 0 Å². The number of nitrogens with one attached hydrogen (secondary N) is 1. The van der Waals surface area contributed by atoms with Crippen molar-refractivity contribution in [3.05, 3.63) is 39.4 Å². The van der Waals surface area contributed by atoms with Crippen molar-refractivity contribution < 1.29 is 18.8 Å². The second kappa shape index (κ2) is 7.42. The van der Waals surface area contributed by atoms with Crippen LogP contribution in [-0.4, -0.2) is 23.2 Å². The van der Waals surface area contributed by atoms with Gasteiger partial charge in [-0.25, -0.2) is 4.39 Å². The zero-order chi connectivity index (χ0) is 16.0. The fraction of sp³-hybridized carbons (Fsp3) is 0.571. The van der Waals surface area contributed by atoms with E-state index in [9.17, 15) is 18.9 Å². The number of hydrogen-bond acceptors (Lipinski definition) is 4. The first-order valence-corrected chi connectivity index (χ1v) is 6.71. The van der Waals surface area contributed by atoms with E-state index in [2.05, 4.69) is 5.32 Å². The summed E-state index contributed by atoms with van der Waals surface area (Å²) in [5.41, 5.74) is -0.765. The Morgan fingerprint density at radius 2 is 2.00 bits per heavy atom. The summed E-state index contributed by atoms with van der Waals surface area (Å²) in [6.45, 7) is 4.74. The molecule has 0 amide bonds. The van der Waals surface area contributed by atoms with E-state index in [-0.39, 0.29) is 24.1 Å². The Morgan fingerprint density at radius 3 is 2.57 bits per heavy atom. The molecule has 0 bridgehead atoms. The van der Waals surface area contributed by atoms with Crippen LogP contribution in [0.3, 0.4) is 0 Å². The Kier molecular flexibility index (Phi) is 6.17. The van der Waals surface area contributed by atoms with Gasteiger partial charge in [-0.3, -0.25) is 10.1 Å². The van der Waals surface area contributed by atoms with Crippen molar-refractivity contribution in [1.29, 1.82) is 0 Å². The minimum absolute atomic E-state index is 0.0565. The van der Waals surface area contributed by atoms with Gasteiger partial charge >= 0.3 is 5.69 Å². The van der Waals surface area contributed by atoms with Gasteiger partial charge in [0.05, 0.1) is 4.92 Å². The molecular formula is C14H20F2N2O3. The SMILES string of the molecule is CC(C)(CCCO)CNCc1cc([N+](=O)[O-])c(F)cc1F. The molecule has 21 heavy (non-hydrogen) atoms. The molecule has 0 aromatic heterocycles. The maximum Gasteiger partial charge on any atom is 0.305 e. The van der Waals surface area contributed by atoms with E-state index in [4.69, 9.17) is 5.11 Å². The smallest absolute Gasteiger partial charge is 0.305 e. The Bertz CT molecular complexity index is 507. The van der Waals surface area contributed by atoms with Gasteiger partial charge in [-0.2, -0.15) is 4.39 Å². The van der Waals surface area contributed by atoms with E-state index in [1.807, 2.05) is 13.8 Å². The molecule has 0 heterocycles. The zero-order valence-electron chi connectivity index (χ0n) is 12.2. The summed E-state index contributed by atoms with van der Waals surface area (Å²) in [5, 5.41) is 22.5. The molecule has 0 fully saturated rings. The van der Waals surface area contributed by atoms with Crippen LogP contribution in [0.15, 0.2) is 12.1 Å². The Morgan fingerprint density at radius 1 is 1.33 bits per heavy atom. The molecule has 5 nitrogen and oxygen atoms in total. The first-order chi connectivity index (χ1) is 9.76. The van der Waals surface area contributed by atoms with Crippen molar-refractivity contribution in [3.8, 4) is 0 Å². The average Bonchev–Trinajstić information content (AvgIpc) is 2.38. The lowest BCUT2D eigenvalue weighted by Crippen LogP contribution is -2.29. The fourth-order valence-electron chi connectivity index (χ4n) is 2.04. The van der Waals surface area contributed by atoms with E-state index < -0.39 is 22.2 Å². The van der Waals surface area contributed by atoms with Crippen LogP contribution < -0.4 is 5.32 Å². The number of nitro benzene ring substituents is 1. The van der Waals surface area contributed by atoms with Gasteiger partial charge in [0.1, 0.15) is 5.82 Å². The molecule has 0 saturated heterocycles. The highest BCUT2D eigenvalue weighted by Crippen LogP contribution is 2.23. The molecule has 0 radical (unpaired) electrons. The highest BCUT2D eigenvalue weighted by atomic mass is 19.1. The monoisotopic (exact) mass is 302 g/mol. The van der Waals surface area contributed by atoms with Gasteiger partial charge in [0.2, 0.25) is 5.82 Å². The predicted molar refractivity (Wildman–Crippen MR) is 74.8 cm³/mol. The van der Waals surface area contributed by atoms with Crippen LogP contribution in [0.5, 0.6) is 0 Å². The van der Waals surface area contributed by atoms with Crippen molar-refractivity contribution in [2.24, 2.45) is 5.41 Å². The summed E-state index contributed by atoms with van der Waals surface area (Å²) in [7, 11) is 0. The van der Waals surface area contributed by atoms with Crippen LogP contribution in [0.25, 0.3) is 0 Å². The topological polar surface area (TPSA) is 75.4 Å². The van der Waals surface area contributed by atoms with Gasteiger partial charge in [0.15, 0.2) is 0 Å². The number of aliphatic hydroxyl groups is 1. The lowest BCUT2D eigenvalue weighted by molar-refractivity contribution is -0.387. The van der Waals surface area contributed by atoms with Crippen molar-refractivity contribution in [2.75, 3.05) is 13.2 Å². The summed E-state index contributed by atoms with van der Waals surface area (Å²) in [5.74, 6) is -1.98. The Balaban J connectivity index is 2.67. The Hall–Kier alpha value is -1.60. The molecule has 7 heteroatoms. The number of nitrogens with zero attached hydrogens (tertiary/aromatic N) is 1. The lowest BCUT2D eigenvalue weighted by Gasteiger charge is -2.24. The van der Waals surface area contributed by atoms with Crippen LogP contribution in [0.4, 0.5) is 14.5 Å². The maximum absolute atomic E-state index is 13.6. The van der Waals surface area contributed by atoms with Crippen LogP contribution in [-0.2, 0) is 6.54 Å². The molecule has 0 spiro atoms. The average molecular weight is 302 g/mol. The standard InChI is InChI=1S/C14H20F2N2O3/c1-14(2,4-3-5-19)9-17-8-10-6-13(18(20)21)12(16)7-11(10)15/h6-7,17,19H,3-5,8-9H2,1-2H3. The number of benzene rings is 1. The van der Waals surface area contributed by atoms with Crippen molar-refractivity contribution >= 4 is 5.69 Å². The second-order valence-electron chi connectivity index (χ2n) is 5.75. The number of nitro groups is 1. The molecule has 0 saturated carbocycles. The maximum atomic E-state index is 13.6. The van der Waals surface area contributed by atoms with Gasteiger partial charge in [-0.15, -0.1) is 0 Å². The van der Waals surface area contributed by atoms with Gasteiger partial charge in [-0.05, 0) is 18.3 Å². The van der Waals surface area contributed by atoms with Gasteiger partial charge in [0, 0.05) is 37.4 Å². The van der Waals surface area contributed by atoms with Crippen LogP contribution in [0.2, 0.25) is 0 Å². The molecule has 1 rings (SSSR count). The summed E-state index contributed by atoms with van der Waals surface area (Å²) in [4.78, 5) is 9.76. The first-order valence-electron chi connectivity index (χ1n) is 6.71. The predicted octanol–water partition coefficient (Wildman–Crippen LogP) is 2.76. The molecule has 0 atom stereocenters. The largest absolute Gasteiger partial charge is 0.396 e. The quantitative estimate of drug-likeness (QED) is 0.572. The molecule has 0 aliphatic heterocycles. The van der Waals surface area contributed by atoms with Crippen LogP contribution in [0.1, 0.15) is 32.3 Å². The van der Waals surface area contributed by atoms with Crippen molar-refractivity contribution in [3.63, 3.8) is 0 Å². The molecular weight excluding hydrogens is 282 g/mol. The van der Waals surface area contributed by atoms with Crippen molar-refractivity contribution in [2.45, 2.75) is 33.2 Å². The molecule has 1 aromatic carbocycles. The molecule has 0 aliphatic carbocycles.